The average Bonchev–Trinajstić information content (AvgIpc) is 3.03. The normalized spacial score (nSPS) is 18.9. The van der Waals surface area contributed by atoms with Gasteiger partial charge in [-0.05, 0) is 45.6 Å². The number of carbonyl (C=O) groups excluding carboxylic acids is 2. The van der Waals surface area contributed by atoms with Crippen molar-refractivity contribution in [3.05, 3.63) is 35.9 Å². The van der Waals surface area contributed by atoms with Crippen LogP contribution in [0.15, 0.2) is 30.3 Å². The van der Waals surface area contributed by atoms with E-state index >= 15 is 0 Å². The number of ether oxygens (including phenoxy) is 2. The minimum atomic E-state index is -0.789. The van der Waals surface area contributed by atoms with Crippen LogP contribution >= 0.6 is 0 Å². The van der Waals surface area contributed by atoms with E-state index in [2.05, 4.69) is 5.32 Å². The van der Waals surface area contributed by atoms with E-state index in [9.17, 15) is 9.59 Å². The fraction of sp³-hybridized carbons (Fsp3) is 0.579. The molecule has 1 aromatic carbocycles. The molecule has 1 amide bonds. The average molecular weight is 333 g/mol. The van der Waals surface area contributed by atoms with Gasteiger partial charge in [-0.1, -0.05) is 30.3 Å². The smallest absolute Gasteiger partial charge is 0.333 e. The Bertz CT molecular complexity index is 544. The molecule has 1 aliphatic rings. The van der Waals surface area contributed by atoms with Crippen LogP contribution in [0.5, 0.6) is 0 Å². The van der Waals surface area contributed by atoms with Crippen molar-refractivity contribution in [3.8, 4) is 0 Å². The number of hydrogen-bond acceptors (Lipinski definition) is 4. The monoisotopic (exact) mass is 333 g/mol. The van der Waals surface area contributed by atoms with Crippen LogP contribution in [0.2, 0.25) is 0 Å². The maximum absolute atomic E-state index is 12.5. The van der Waals surface area contributed by atoms with E-state index in [1.165, 1.54) is 0 Å². The minimum absolute atomic E-state index is 0.160. The van der Waals surface area contributed by atoms with E-state index in [1.54, 1.807) is 0 Å². The zero-order valence-electron chi connectivity index (χ0n) is 14.7. The number of benzene rings is 1. The molecule has 1 aliphatic heterocycles. The number of amides is 1. The summed E-state index contributed by atoms with van der Waals surface area (Å²) in [5.41, 5.74) is 0.115. The summed E-state index contributed by atoms with van der Waals surface area (Å²) in [4.78, 5) is 24.8. The molecule has 1 heterocycles. The summed E-state index contributed by atoms with van der Waals surface area (Å²) in [7, 11) is 0. The number of hydrogen-bond donors (Lipinski definition) is 1. The largest absolute Gasteiger partial charge is 0.458 e. The molecule has 0 aromatic heterocycles. The van der Waals surface area contributed by atoms with Crippen LogP contribution < -0.4 is 5.32 Å². The predicted molar refractivity (Wildman–Crippen MR) is 91.4 cm³/mol. The molecule has 1 saturated heterocycles. The Hall–Kier alpha value is -1.88. The summed E-state index contributed by atoms with van der Waals surface area (Å²) in [5, 5.41) is 2.81. The van der Waals surface area contributed by atoms with Gasteiger partial charge in [0.25, 0.3) is 0 Å². The first kappa shape index (κ1) is 18.5. The van der Waals surface area contributed by atoms with E-state index < -0.39 is 17.6 Å². The SMILES string of the molecule is CC(C)(C)OC(=O)[C@H](NC(=O)CC[C@@H]1CCCO1)c1ccccc1. The highest BCUT2D eigenvalue weighted by Crippen LogP contribution is 2.20. The molecule has 0 bridgehead atoms. The molecule has 24 heavy (non-hydrogen) atoms. The third kappa shape index (κ3) is 5.96. The molecule has 2 rings (SSSR count). The fourth-order valence-electron chi connectivity index (χ4n) is 2.68. The molecule has 1 N–H and O–H groups in total. The van der Waals surface area contributed by atoms with Crippen LogP contribution in [-0.2, 0) is 19.1 Å². The molecule has 2 atom stereocenters. The lowest BCUT2D eigenvalue weighted by Gasteiger charge is -2.25. The van der Waals surface area contributed by atoms with Gasteiger partial charge in [-0.25, -0.2) is 4.79 Å². The van der Waals surface area contributed by atoms with Crippen LogP contribution in [-0.4, -0.2) is 30.2 Å². The molecule has 0 radical (unpaired) electrons. The van der Waals surface area contributed by atoms with Crippen LogP contribution in [0.3, 0.4) is 0 Å². The first-order valence-electron chi connectivity index (χ1n) is 8.54. The van der Waals surface area contributed by atoms with Gasteiger partial charge in [0.05, 0.1) is 6.10 Å². The Morgan fingerprint density at radius 2 is 2.00 bits per heavy atom. The zero-order chi connectivity index (χ0) is 17.6. The van der Waals surface area contributed by atoms with E-state index in [-0.39, 0.29) is 12.0 Å². The molecule has 5 heteroatoms. The number of esters is 1. The van der Waals surface area contributed by atoms with Crippen LogP contribution in [0.4, 0.5) is 0 Å². The number of nitrogens with one attached hydrogen (secondary N) is 1. The second-order valence-corrected chi connectivity index (χ2v) is 7.12. The van der Waals surface area contributed by atoms with Gasteiger partial charge in [-0.2, -0.15) is 0 Å². The summed E-state index contributed by atoms with van der Waals surface area (Å²) in [6, 6.07) is 8.39. The van der Waals surface area contributed by atoms with Gasteiger partial charge in [-0.3, -0.25) is 4.79 Å². The molecule has 132 valence electrons. The van der Waals surface area contributed by atoms with Gasteiger partial charge in [0.15, 0.2) is 6.04 Å². The highest BCUT2D eigenvalue weighted by Gasteiger charge is 2.28. The molecule has 1 aromatic rings. The first-order chi connectivity index (χ1) is 11.3. The van der Waals surface area contributed by atoms with Crippen LogP contribution in [0, 0.1) is 0 Å². The Kier molecular flexibility index (Phi) is 6.37. The van der Waals surface area contributed by atoms with E-state index in [0.29, 0.717) is 12.8 Å². The summed E-state index contributed by atoms with van der Waals surface area (Å²) >= 11 is 0. The fourth-order valence-corrected chi connectivity index (χ4v) is 2.68. The van der Waals surface area contributed by atoms with Gasteiger partial charge in [0.1, 0.15) is 5.60 Å². The Labute approximate surface area is 143 Å². The third-order valence-electron chi connectivity index (χ3n) is 3.80. The number of carbonyl (C=O) groups is 2. The van der Waals surface area contributed by atoms with Crippen LogP contribution in [0.25, 0.3) is 0 Å². The van der Waals surface area contributed by atoms with Gasteiger partial charge in [-0.15, -0.1) is 0 Å². The summed E-state index contributed by atoms with van der Waals surface area (Å²) in [6.07, 6.45) is 3.24. The Balaban J connectivity index is 1.99. The van der Waals surface area contributed by atoms with Crippen molar-refractivity contribution in [1.29, 1.82) is 0 Å². The molecular weight excluding hydrogens is 306 g/mol. The maximum Gasteiger partial charge on any atom is 0.333 e. The Morgan fingerprint density at radius 1 is 1.29 bits per heavy atom. The topological polar surface area (TPSA) is 64.6 Å². The lowest BCUT2D eigenvalue weighted by atomic mass is 10.1. The molecule has 0 spiro atoms. The van der Waals surface area contributed by atoms with Crippen molar-refractivity contribution < 1.29 is 19.1 Å². The van der Waals surface area contributed by atoms with Crippen molar-refractivity contribution in [2.75, 3.05) is 6.61 Å². The highest BCUT2D eigenvalue weighted by atomic mass is 16.6. The molecule has 0 saturated carbocycles. The van der Waals surface area contributed by atoms with Crippen molar-refractivity contribution in [2.45, 2.75) is 64.2 Å². The standard InChI is InChI=1S/C19H27NO4/c1-19(2,3)24-18(22)17(14-8-5-4-6-9-14)20-16(21)12-11-15-10-7-13-23-15/h4-6,8-9,15,17H,7,10-13H2,1-3H3,(H,20,21)/t15-,17+/m0/s1. The molecular formula is C19H27NO4. The van der Waals surface area contributed by atoms with Crippen LogP contribution in [0.1, 0.15) is 58.1 Å². The zero-order valence-corrected chi connectivity index (χ0v) is 14.7. The lowest BCUT2D eigenvalue weighted by molar-refractivity contribution is -0.159. The van der Waals surface area contributed by atoms with Gasteiger partial charge < -0.3 is 14.8 Å². The van der Waals surface area contributed by atoms with Crippen molar-refractivity contribution in [2.24, 2.45) is 0 Å². The van der Waals surface area contributed by atoms with Crippen molar-refractivity contribution >= 4 is 11.9 Å². The van der Waals surface area contributed by atoms with E-state index in [1.807, 2.05) is 51.1 Å². The molecule has 1 fully saturated rings. The predicted octanol–water partition coefficient (Wildman–Crippen LogP) is 3.14. The van der Waals surface area contributed by atoms with E-state index in [0.717, 1.165) is 25.0 Å². The summed E-state index contributed by atoms with van der Waals surface area (Å²) in [6.45, 7) is 6.21. The summed E-state index contributed by atoms with van der Waals surface area (Å²) in [5.74, 6) is -0.607. The Morgan fingerprint density at radius 3 is 2.58 bits per heavy atom. The summed E-state index contributed by atoms with van der Waals surface area (Å²) < 4.78 is 11.0. The number of rotatable bonds is 6. The lowest BCUT2D eigenvalue weighted by Crippen LogP contribution is -2.38. The highest BCUT2D eigenvalue weighted by molar-refractivity contribution is 5.85. The molecule has 0 unspecified atom stereocenters. The first-order valence-corrected chi connectivity index (χ1v) is 8.54. The van der Waals surface area contributed by atoms with Gasteiger partial charge in [0.2, 0.25) is 5.91 Å². The minimum Gasteiger partial charge on any atom is -0.458 e. The van der Waals surface area contributed by atoms with Crippen molar-refractivity contribution in [1.82, 2.24) is 5.32 Å². The quantitative estimate of drug-likeness (QED) is 0.812. The molecule has 0 aliphatic carbocycles. The second-order valence-electron chi connectivity index (χ2n) is 7.12. The van der Waals surface area contributed by atoms with Gasteiger partial charge >= 0.3 is 5.97 Å². The van der Waals surface area contributed by atoms with E-state index in [4.69, 9.17) is 9.47 Å². The van der Waals surface area contributed by atoms with Crippen molar-refractivity contribution in [3.63, 3.8) is 0 Å². The molecule has 5 nitrogen and oxygen atoms in total. The maximum atomic E-state index is 12.5. The van der Waals surface area contributed by atoms with Gasteiger partial charge in [0, 0.05) is 13.0 Å². The second kappa shape index (κ2) is 8.29. The third-order valence-corrected chi connectivity index (χ3v) is 3.80.